The van der Waals surface area contributed by atoms with Crippen molar-refractivity contribution in [2.24, 2.45) is 0 Å². The van der Waals surface area contributed by atoms with E-state index in [0.29, 0.717) is 11.4 Å². The first-order valence-corrected chi connectivity index (χ1v) is 10.2. The molecule has 158 valence electrons. The average Bonchev–Trinajstić information content (AvgIpc) is 3.52. The molecule has 0 saturated heterocycles. The van der Waals surface area contributed by atoms with Gasteiger partial charge in [0.1, 0.15) is 11.4 Å². The summed E-state index contributed by atoms with van der Waals surface area (Å²) in [6, 6.07) is 17.6. The highest BCUT2D eigenvalue weighted by molar-refractivity contribution is 5.95. The van der Waals surface area contributed by atoms with Crippen LogP contribution in [0, 0.1) is 0 Å². The van der Waals surface area contributed by atoms with Crippen LogP contribution in [-0.4, -0.2) is 41.3 Å². The Morgan fingerprint density at radius 3 is 2.61 bits per heavy atom. The second kappa shape index (κ2) is 9.30. The molecule has 7 nitrogen and oxygen atoms in total. The number of aromatic nitrogens is 2. The maximum atomic E-state index is 12.2. The summed E-state index contributed by atoms with van der Waals surface area (Å²) in [7, 11) is 1.61. The zero-order valence-corrected chi connectivity index (χ0v) is 17.2. The summed E-state index contributed by atoms with van der Waals surface area (Å²) in [5.41, 5.74) is 3.17. The van der Waals surface area contributed by atoms with E-state index in [-0.39, 0.29) is 24.4 Å². The second-order valence-electron chi connectivity index (χ2n) is 7.31. The van der Waals surface area contributed by atoms with E-state index in [1.165, 1.54) is 6.08 Å². The summed E-state index contributed by atoms with van der Waals surface area (Å²) in [6.07, 6.45) is 6.99. The van der Waals surface area contributed by atoms with Gasteiger partial charge in [-0.25, -0.2) is 4.68 Å². The van der Waals surface area contributed by atoms with Crippen molar-refractivity contribution in [1.82, 2.24) is 20.4 Å². The van der Waals surface area contributed by atoms with Crippen molar-refractivity contribution in [2.75, 3.05) is 13.7 Å². The first-order valence-electron chi connectivity index (χ1n) is 10.2. The number of para-hydroxylation sites is 2. The van der Waals surface area contributed by atoms with Crippen LogP contribution < -0.4 is 15.4 Å². The molecule has 1 aromatic heterocycles. The van der Waals surface area contributed by atoms with E-state index >= 15 is 0 Å². The Kier molecular flexibility index (Phi) is 6.12. The van der Waals surface area contributed by atoms with Crippen molar-refractivity contribution in [2.45, 2.75) is 18.9 Å². The standard InChI is InChI=1S/C24H24N4O3/c1-31-21-10-6-5-9-20(21)24-17(16-28(27-24)19-7-3-2-4-8-19)11-14-22(29)25-15-23(30)26-18-12-13-18/h2-11,14,16,18H,12-13,15H2,1H3,(H,25,29)(H,26,30)/b14-11+. The van der Waals surface area contributed by atoms with Crippen LogP contribution in [0.15, 0.2) is 66.9 Å². The maximum Gasteiger partial charge on any atom is 0.244 e. The molecule has 1 aliphatic carbocycles. The molecule has 2 amide bonds. The van der Waals surface area contributed by atoms with Crippen molar-refractivity contribution < 1.29 is 14.3 Å². The molecule has 1 heterocycles. The summed E-state index contributed by atoms with van der Waals surface area (Å²) in [5, 5.41) is 10.2. The van der Waals surface area contributed by atoms with E-state index < -0.39 is 0 Å². The van der Waals surface area contributed by atoms with Crippen molar-refractivity contribution in [3.63, 3.8) is 0 Å². The van der Waals surface area contributed by atoms with Gasteiger partial charge in [-0.05, 0) is 43.2 Å². The fourth-order valence-corrected chi connectivity index (χ4v) is 3.17. The summed E-state index contributed by atoms with van der Waals surface area (Å²) in [4.78, 5) is 24.0. The van der Waals surface area contributed by atoms with Crippen LogP contribution in [0.3, 0.4) is 0 Å². The largest absolute Gasteiger partial charge is 0.496 e. The predicted octanol–water partition coefficient (Wildman–Crippen LogP) is 2.96. The van der Waals surface area contributed by atoms with E-state index in [2.05, 4.69) is 10.6 Å². The molecular formula is C24H24N4O3. The molecule has 1 saturated carbocycles. The molecule has 4 rings (SSSR count). The molecule has 0 aliphatic heterocycles. The lowest BCUT2D eigenvalue weighted by Crippen LogP contribution is -2.37. The molecule has 0 spiro atoms. The molecule has 7 heteroatoms. The van der Waals surface area contributed by atoms with Crippen LogP contribution in [0.4, 0.5) is 0 Å². The molecule has 1 fully saturated rings. The number of ether oxygens (including phenoxy) is 1. The quantitative estimate of drug-likeness (QED) is 0.553. The minimum Gasteiger partial charge on any atom is -0.496 e. The fourth-order valence-electron chi connectivity index (χ4n) is 3.17. The third kappa shape index (κ3) is 5.19. The van der Waals surface area contributed by atoms with E-state index in [4.69, 9.17) is 9.84 Å². The molecular weight excluding hydrogens is 392 g/mol. The van der Waals surface area contributed by atoms with Crippen molar-refractivity contribution in [3.05, 3.63) is 72.4 Å². The minimum atomic E-state index is -0.343. The van der Waals surface area contributed by atoms with Gasteiger partial charge < -0.3 is 15.4 Å². The van der Waals surface area contributed by atoms with Gasteiger partial charge in [-0.2, -0.15) is 5.10 Å². The van der Waals surface area contributed by atoms with E-state index in [9.17, 15) is 9.59 Å². The zero-order valence-electron chi connectivity index (χ0n) is 17.2. The summed E-state index contributed by atoms with van der Waals surface area (Å²) >= 11 is 0. The van der Waals surface area contributed by atoms with Gasteiger partial charge >= 0.3 is 0 Å². The maximum absolute atomic E-state index is 12.2. The Bertz CT molecular complexity index is 1100. The minimum absolute atomic E-state index is 0.0394. The molecule has 0 radical (unpaired) electrons. The summed E-state index contributed by atoms with van der Waals surface area (Å²) in [6.45, 7) is -0.0394. The van der Waals surface area contributed by atoms with Gasteiger partial charge in [0.15, 0.2) is 0 Å². The highest BCUT2D eigenvalue weighted by Crippen LogP contribution is 2.32. The molecule has 2 aromatic carbocycles. The van der Waals surface area contributed by atoms with Gasteiger partial charge in [-0.15, -0.1) is 0 Å². The van der Waals surface area contributed by atoms with Crippen LogP contribution in [0.2, 0.25) is 0 Å². The number of benzene rings is 2. The number of carbonyl (C=O) groups excluding carboxylic acids is 2. The van der Waals surface area contributed by atoms with Crippen LogP contribution in [-0.2, 0) is 9.59 Å². The highest BCUT2D eigenvalue weighted by atomic mass is 16.5. The van der Waals surface area contributed by atoms with Crippen LogP contribution in [0.1, 0.15) is 18.4 Å². The van der Waals surface area contributed by atoms with E-state index in [0.717, 1.165) is 29.7 Å². The summed E-state index contributed by atoms with van der Waals surface area (Å²) < 4.78 is 7.27. The number of hydrogen-bond donors (Lipinski definition) is 2. The van der Waals surface area contributed by atoms with Crippen LogP contribution in [0.25, 0.3) is 23.0 Å². The lowest BCUT2D eigenvalue weighted by atomic mass is 10.1. The molecule has 2 N–H and O–H groups in total. The van der Waals surface area contributed by atoms with Crippen LogP contribution in [0.5, 0.6) is 5.75 Å². The third-order valence-corrected chi connectivity index (χ3v) is 4.91. The Balaban J connectivity index is 1.57. The smallest absolute Gasteiger partial charge is 0.244 e. The molecule has 1 aliphatic rings. The van der Waals surface area contributed by atoms with Gasteiger partial charge in [0.2, 0.25) is 11.8 Å². The van der Waals surface area contributed by atoms with Crippen molar-refractivity contribution in [3.8, 4) is 22.7 Å². The zero-order chi connectivity index (χ0) is 21.6. The lowest BCUT2D eigenvalue weighted by Gasteiger charge is -2.06. The Morgan fingerprint density at radius 2 is 1.87 bits per heavy atom. The third-order valence-electron chi connectivity index (χ3n) is 4.91. The van der Waals surface area contributed by atoms with E-state index in [1.54, 1.807) is 17.9 Å². The number of carbonyl (C=O) groups is 2. The van der Waals surface area contributed by atoms with Crippen molar-refractivity contribution in [1.29, 1.82) is 0 Å². The topological polar surface area (TPSA) is 85.2 Å². The predicted molar refractivity (Wildman–Crippen MR) is 119 cm³/mol. The number of methoxy groups -OCH3 is 1. The Labute approximate surface area is 180 Å². The number of nitrogens with zero attached hydrogens (tertiary/aromatic N) is 2. The molecule has 0 bridgehead atoms. The van der Waals surface area contributed by atoms with Gasteiger partial charge in [0.25, 0.3) is 0 Å². The molecule has 3 aromatic rings. The van der Waals surface area contributed by atoms with Gasteiger partial charge in [0.05, 0.1) is 19.3 Å². The first-order chi connectivity index (χ1) is 15.1. The fraction of sp³-hybridized carbons (Fsp3) is 0.208. The highest BCUT2D eigenvalue weighted by Gasteiger charge is 2.23. The first kappa shape index (κ1) is 20.4. The van der Waals surface area contributed by atoms with Gasteiger partial charge in [-0.3, -0.25) is 9.59 Å². The van der Waals surface area contributed by atoms with Gasteiger partial charge in [-0.1, -0.05) is 30.3 Å². The number of nitrogens with one attached hydrogen (secondary N) is 2. The van der Waals surface area contributed by atoms with Gasteiger partial charge in [0, 0.05) is 29.4 Å². The van der Waals surface area contributed by atoms with Crippen LogP contribution >= 0.6 is 0 Å². The monoisotopic (exact) mass is 416 g/mol. The Morgan fingerprint density at radius 1 is 1.13 bits per heavy atom. The average molecular weight is 416 g/mol. The number of rotatable bonds is 8. The second-order valence-corrected chi connectivity index (χ2v) is 7.31. The Hall–Kier alpha value is -3.87. The summed E-state index contributed by atoms with van der Waals surface area (Å²) in [5.74, 6) is 0.178. The number of hydrogen-bond acceptors (Lipinski definition) is 4. The SMILES string of the molecule is COc1ccccc1-c1nn(-c2ccccc2)cc1/C=C/C(=O)NCC(=O)NC1CC1. The number of amides is 2. The normalized spacial score (nSPS) is 13.2. The molecule has 0 atom stereocenters. The van der Waals surface area contributed by atoms with Crippen molar-refractivity contribution >= 4 is 17.9 Å². The molecule has 31 heavy (non-hydrogen) atoms. The van der Waals surface area contributed by atoms with E-state index in [1.807, 2.05) is 60.8 Å². The molecule has 0 unspecified atom stereocenters. The lowest BCUT2D eigenvalue weighted by molar-refractivity contribution is -0.124.